The molecule has 1 aromatic carbocycles. The van der Waals surface area contributed by atoms with Gasteiger partial charge in [0.2, 0.25) is 0 Å². The van der Waals surface area contributed by atoms with Gasteiger partial charge in [-0.2, -0.15) is 11.8 Å². The normalized spacial score (nSPS) is 17.5. The van der Waals surface area contributed by atoms with Crippen LogP contribution < -0.4 is 5.32 Å². The number of carbonyl (C=O) groups excluding carboxylic acids is 1. The second-order valence-electron chi connectivity index (χ2n) is 5.20. The lowest BCUT2D eigenvalue weighted by atomic mass is 10.1. The van der Waals surface area contributed by atoms with Crippen molar-refractivity contribution in [1.82, 2.24) is 4.90 Å². The van der Waals surface area contributed by atoms with E-state index in [1.54, 1.807) is 20.2 Å². The van der Waals surface area contributed by atoms with E-state index in [1.807, 2.05) is 11.8 Å². The number of thioether (sulfide) groups is 1. The Morgan fingerprint density at radius 2 is 2.29 bits per heavy atom. The van der Waals surface area contributed by atoms with Crippen molar-refractivity contribution in [3.63, 3.8) is 0 Å². The number of benzene rings is 1. The maximum absolute atomic E-state index is 12.0. The summed E-state index contributed by atoms with van der Waals surface area (Å²) < 4.78 is 0. The van der Waals surface area contributed by atoms with Crippen molar-refractivity contribution in [2.45, 2.75) is 18.1 Å². The Labute approximate surface area is 128 Å². The molecule has 1 fully saturated rings. The minimum Gasteiger partial charge on any atom is -0.378 e. The summed E-state index contributed by atoms with van der Waals surface area (Å²) in [5.41, 5.74) is 0.876. The number of amides is 1. The molecule has 7 heteroatoms. The molecule has 0 saturated carbocycles. The third-order valence-electron chi connectivity index (χ3n) is 3.39. The number of nitrogens with one attached hydrogen (secondary N) is 1. The number of hydrogen-bond donors (Lipinski definition) is 1. The second-order valence-corrected chi connectivity index (χ2v) is 6.61. The lowest BCUT2D eigenvalue weighted by Crippen LogP contribution is -2.22. The van der Waals surface area contributed by atoms with E-state index in [-0.39, 0.29) is 11.6 Å². The summed E-state index contributed by atoms with van der Waals surface area (Å²) in [5.74, 6) is 0.983. The van der Waals surface area contributed by atoms with Gasteiger partial charge in [0.15, 0.2) is 0 Å². The fourth-order valence-electron chi connectivity index (χ4n) is 2.26. The first-order valence-corrected chi connectivity index (χ1v) is 7.89. The SMILES string of the molecule is CN(C)C(=O)c1ccc([N+](=O)[O-])c(NCC2CCCS2)c1. The van der Waals surface area contributed by atoms with Gasteiger partial charge in [-0.1, -0.05) is 0 Å². The van der Waals surface area contributed by atoms with Crippen LogP contribution in [-0.2, 0) is 0 Å². The van der Waals surface area contributed by atoms with Gasteiger partial charge in [0.1, 0.15) is 5.69 Å². The number of nitro benzene ring substituents is 1. The molecule has 1 aromatic rings. The molecular weight excluding hydrogens is 290 g/mol. The number of nitro groups is 1. The molecule has 1 atom stereocenters. The summed E-state index contributed by atoms with van der Waals surface area (Å²) in [5, 5.41) is 14.7. The molecule has 2 rings (SSSR count). The van der Waals surface area contributed by atoms with Gasteiger partial charge in [-0.15, -0.1) is 0 Å². The highest BCUT2D eigenvalue weighted by atomic mass is 32.2. The van der Waals surface area contributed by atoms with Crippen LogP contribution in [0.1, 0.15) is 23.2 Å². The minimum absolute atomic E-state index is 0.00769. The Bertz CT molecular complexity index is 542. The van der Waals surface area contributed by atoms with Crippen LogP contribution in [0.3, 0.4) is 0 Å². The van der Waals surface area contributed by atoms with Gasteiger partial charge in [-0.25, -0.2) is 0 Å². The van der Waals surface area contributed by atoms with Gasteiger partial charge < -0.3 is 10.2 Å². The molecule has 6 nitrogen and oxygen atoms in total. The first kappa shape index (κ1) is 15.6. The van der Waals surface area contributed by atoms with E-state index in [0.29, 0.717) is 23.0 Å². The van der Waals surface area contributed by atoms with Crippen LogP contribution in [0, 0.1) is 10.1 Å². The Morgan fingerprint density at radius 1 is 1.52 bits per heavy atom. The smallest absolute Gasteiger partial charge is 0.292 e. The largest absolute Gasteiger partial charge is 0.378 e. The van der Waals surface area contributed by atoms with Crippen molar-refractivity contribution >= 4 is 29.0 Å². The predicted octanol–water partition coefficient (Wildman–Crippen LogP) is 2.60. The molecule has 1 aliphatic heterocycles. The van der Waals surface area contributed by atoms with Crippen molar-refractivity contribution in [3.8, 4) is 0 Å². The topological polar surface area (TPSA) is 75.5 Å². The van der Waals surface area contributed by atoms with E-state index in [2.05, 4.69) is 5.32 Å². The third kappa shape index (κ3) is 3.87. The zero-order chi connectivity index (χ0) is 15.4. The average molecular weight is 309 g/mol. The summed E-state index contributed by atoms with van der Waals surface area (Å²) in [7, 11) is 3.32. The lowest BCUT2D eigenvalue weighted by molar-refractivity contribution is -0.384. The van der Waals surface area contributed by atoms with Gasteiger partial charge in [0.25, 0.3) is 11.6 Å². The number of carbonyl (C=O) groups is 1. The quantitative estimate of drug-likeness (QED) is 0.668. The number of rotatable bonds is 5. The van der Waals surface area contributed by atoms with Crippen molar-refractivity contribution < 1.29 is 9.72 Å². The highest BCUT2D eigenvalue weighted by Gasteiger charge is 2.20. The predicted molar refractivity (Wildman–Crippen MR) is 85.1 cm³/mol. The molecular formula is C14H19N3O3S. The van der Waals surface area contributed by atoms with Crippen LogP contribution in [0.2, 0.25) is 0 Å². The van der Waals surface area contributed by atoms with Crippen molar-refractivity contribution in [3.05, 3.63) is 33.9 Å². The summed E-state index contributed by atoms with van der Waals surface area (Å²) >= 11 is 1.88. The van der Waals surface area contributed by atoms with Crippen molar-refractivity contribution in [1.29, 1.82) is 0 Å². The number of nitrogens with zero attached hydrogens (tertiary/aromatic N) is 2. The Kier molecular flexibility index (Phi) is 5.06. The van der Waals surface area contributed by atoms with Crippen LogP contribution in [0.25, 0.3) is 0 Å². The lowest BCUT2D eigenvalue weighted by Gasteiger charge is -2.14. The molecule has 0 radical (unpaired) electrons. The molecule has 0 aromatic heterocycles. The fraction of sp³-hybridized carbons (Fsp3) is 0.500. The van der Waals surface area contributed by atoms with Crippen LogP contribution in [-0.4, -0.2) is 47.4 Å². The fourth-order valence-corrected chi connectivity index (χ4v) is 3.46. The van der Waals surface area contributed by atoms with E-state index in [1.165, 1.54) is 23.5 Å². The van der Waals surface area contributed by atoms with E-state index in [0.717, 1.165) is 12.2 Å². The Morgan fingerprint density at radius 3 is 2.86 bits per heavy atom. The van der Waals surface area contributed by atoms with Crippen LogP contribution in [0.4, 0.5) is 11.4 Å². The molecule has 21 heavy (non-hydrogen) atoms. The molecule has 1 N–H and O–H groups in total. The molecule has 1 saturated heterocycles. The summed E-state index contributed by atoms with van der Waals surface area (Å²) in [6.45, 7) is 0.686. The summed E-state index contributed by atoms with van der Waals surface area (Å²) in [4.78, 5) is 24.1. The highest BCUT2D eigenvalue weighted by molar-refractivity contribution is 8.00. The van der Waals surface area contributed by atoms with Crippen LogP contribution >= 0.6 is 11.8 Å². The van der Waals surface area contributed by atoms with Crippen LogP contribution in [0.15, 0.2) is 18.2 Å². The molecule has 1 unspecified atom stereocenters. The molecule has 1 heterocycles. The summed E-state index contributed by atoms with van der Waals surface area (Å²) in [6, 6.07) is 4.46. The Hall–Kier alpha value is -1.76. The van der Waals surface area contributed by atoms with Gasteiger partial charge in [-0.05, 0) is 30.7 Å². The number of hydrogen-bond acceptors (Lipinski definition) is 5. The molecule has 0 aliphatic carbocycles. The number of anilines is 1. The highest BCUT2D eigenvalue weighted by Crippen LogP contribution is 2.29. The third-order valence-corrected chi connectivity index (χ3v) is 4.79. The van der Waals surface area contributed by atoms with E-state index in [9.17, 15) is 14.9 Å². The molecule has 0 spiro atoms. The van der Waals surface area contributed by atoms with Gasteiger partial charge in [-0.3, -0.25) is 14.9 Å². The molecule has 1 amide bonds. The molecule has 0 bridgehead atoms. The molecule has 114 valence electrons. The van der Waals surface area contributed by atoms with E-state index < -0.39 is 4.92 Å². The zero-order valence-electron chi connectivity index (χ0n) is 12.2. The van der Waals surface area contributed by atoms with Gasteiger partial charge in [0, 0.05) is 37.5 Å². The maximum atomic E-state index is 12.0. The Balaban J connectivity index is 2.19. The molecule has 1 aliphatic rings. The van der Waals surface area contributed by atoms with Gasteiger partial charge in [0.05, 0.1) is 4.92 Å². The zero-order valence-corrected chi connectivity index (χ0v) is 13.0. The monoisotopic (exact) mass is 309 g/mol. The van der Waals surface area contributed by atoms with E-state index in [4.69, 9.17) is 0 Å². The van der Waals surface area contributed by atoms with Gasteiger partial charge >= 0.3 is 0 Å². The average Bonchev–Trinajstić information content (AvgIpc) is 2.97. The standard InChI is InChI=1S/C14H19N3O3S/c1-16(2)14(18)10-5-6-13(17(19)20)12(8-10)15-9-11-4-3-7-21-11/h5-6,8,11,15H,3-4,7,9H2,1-2H3. The first-order valence-electron chi connectivity index (χ1n) is 6.84. The summed E-state index contributed by atoms with van der Waals surface area (Å²) in [6.07, 6.45) is 2.32. The van der Waals surface area contributed by atoms with Crippen molar-refractivity contribution in [2.75, 3.05) is 31.7 Å². The second kappa shape index (κ2) is 6.80. The first-order chi connectivity index (χ1) is 9.99. The maximum Gasteiger partial charge on any atom is 0.292 e. The van der Waals surface area contributed by atoms with Crippen molar-refractivity contribution in [2.24, 2.45) is 0 Å². The van der Waals surface area contributed by atoms with E-state index >= 15 is 0 Å². The van der Waals surface area contributed by atoms with Crippen LogP contribution in [0.5, 0.6) is 0 Å². The minimum atomic E-state index is -0.423.